The number of carbonyl (C=O) groups is 1. The second kappa shape index (κ2) is 3.56. The summed E-state index contributed by atoms with van der Waals surface area (Å²) in [4.78, 5) is 10.3. The summed E-state index contributed by atoms with van der Waals surface area (Å²) in [6.45, 7) is 13.8. The third kappa shape index (κ3) is 2.26. The van der Waals surface area contributed by atoms with Crippen molar-refractivity contribution < 1.29 is 9.90 Å². The molecular weight excluding hydrogens is 140 g/mol. The van der Waals surface area contributed by atoms with Gasteiger partial charge in [-0.1, -0.05) is 32.4 Å². The maximum Gasteiger partial charge on any atom is 0.335 e. The average Bonchev–Trinajstić information content (AvgIpc) is 2.00. The standard InChI is InChI=1S/C9H10O2/c1-5-6(2)7(3)8(4)9(10)11/h5H,1-4H2,(H,10,11). The van der Waals surface area contributed by atoms with Gasteiger partial charge in [-0.25, -0.2) is 4.79 Å². The van der Waals surface area contributed by atoms with Crippen LogP contribution >= 0.6 is 0 Å². The first-order valence-corrected chi connectivity index (χ1v) is 2.94. The summed E-state index contributed by atoms with van der Waals surface area (Å²) in [5.74, 6) is -1.09. The van der Waals surface area contributed by atoms with Crippen molar-refractivity contribution in [2.45, 2.75) is 0 Å². The molecule has 2 nitrogen and oxygen atoms in total. The Morgan fingerprint density at radius 1 is 1.18 bits per heavy atom. The van der Waals surface area contributed by atoms with E-state index in [1.165, 1.54) is 6.08 Å². The number of allylic oxidation sites excluding steroid dienone is 2. The van der Waals surface area contributed by atoms with Crippen molar-refractivity contribution in [3.05, 3.63) is 49.1 Å². The van der Waals surface area contributed by atoms with Crippen LogP contribution in [0, 0.1) is 0 Å². The van der Waals surface area contributed by atoms with E-state index in [0.717, 1.165) is 0 Å². The van der Waals surface area contributed by atoms with Crippen LogP contribution in [0.2, 0.25) is 0 Å². The van der Waals surface area contributed by atoms with Crippen LogP contribution in [-0.2, 0) is 4.79 Å². The highest BCUT2D eigenvalue weighted by Crippen LogP contribution is 2.14. The molecule has 0 aromatic heterocycles. The Bertz CT molecular complexity index is 246. The van der Waals surface area contributed by atoms with Gasteiger partial charge in [-0.05, 0) is 11.1 Å². The topological polar surface area (TPSA) is 37.3 Å². The number of hydrogen-bond acceptors (Lipinski definition) is 1. The fourth-order valence-corrected chi connectivity index (χ4v) is 0.446. The van der Waals surface area contributed by atoms with Gasteiger partial charge in [0.05, 0.1) is 5.57 Å². The Kier molecular flexibility index (Phi) is 3.05. The fourth-order valence-electron chi connectivity index (χ4n) is 0.446. The van der Waals surface area contributed by atoms with Gasteiger partial charge in [0.1, 0.15) is 0 Å². The molecule has 0 spiro atoms. The molecule has 11 heavy (non-hydrogen) atoms. The zero-order valence-corrected chi connectivity index (χ0v) is 6.26. The largest absolute Gasteiger partial charge is 0.478 e. The van der Waals surface area contributed by atoms with Gasteiger partial charge in [0.15, 0.2) is 0 Å². The van der Waals surface area contributed by atoms with E-state index in [-0.39, 0.29) is 5.57 Å². The summed E-state index contributed by atoms with van der Waals surface area (Å²) >= 11 is 0. The van der Waals surface area contributed by atoms with Crippen LogP contribution in [0.25, 0.3) is 0 Å². The van der Waals surface area contributed by atoms with Gasteiger partial charge in [0.25, 0.3) is 0 Å². The Hall–Kier alpha value is -1.57. The zero-order valence-electron chi connectivity index (χ0n) is 6.26. The van der Waals surface area contributed by atoms with Crippen molar-refractivity contribution in [3.63, 3.8) is 0 Å². The summed E-state index contributed by atoms with van der Waals surface area (Å²) in [5.41, 5.74) is 0.750. The summed E-state index contributed by atoms with van der Waals surface area (Å²) in [5, 5.41) is 8.46. The van der Waals surface area contributed by atoms with Crippen LogP contribution in [0.15, 0.2) is 49.1 Å². The summed E-state index contributed by atoms with van der Waals surface area (Å²) in [6, 6.07) is 0. The van der Waals surface area contributed by atoms with Gasteiger partial charge in [-0.3, -0.25) is 0 Å². The van der Waals surface area contributed by atoms with Crippen LogP contribution in [0.3, 0.4) is 0 Å². The Morgan fingerprint density at radius 3 is 1.91 bits per heavy atom. The SMILES string of the molecule is C=CC(=C)C(=C)C(=C)C(=O)O. The molecule has 1 N–H and O–H groups in total. The van der Waals surface area contributed by atoms with Crippen LogP contribution in [0.1, 0.15) is 0 Å². The molecule has 0 aromatic rings. The molecule has 0 saturated carbocycles. The van der Waals surface area contributed by atoms with Crippen molar-refractivity contribution in [2.75, 3.05) is 0 Å². The lowest BCUT2D eigenvalue weighted by atomic mass is 10.0. The van der Waals surface area contributed by atoms with Crippen molar-refractivity contribution in [1.82, 2.24) is 0 Å². The van der Waals surface area contributed by atoms with E-state index in [1.54, 1.807) is 0 Å². The van der Waals surface area contributed by atoms with E-state index >= 15 is 0 Å². The zero-order chi connectivity index (χ0) is 9.02. The molecule has 0 bridgehead atoms. The fraction of sp³-hybridized carbons (Fsp3) is 0. The van der Waals surface area contributed by atoms with Crippen LogP contribution in [0.4, 0.5) is 0 Å². The van der Waals surface area contributed by atoms with E-state index in [0.29, 0.717) is 11.1 Å². The maximum absolute atomic E-state index is 10.3. The van der Waals surface area contributed by atoms with Gasteiger partial charge >= 0.3 is 5.97 Å². The van der Waals surface area contributed by atoms with E-state index in [9.17, 15) is 4.79 Å². The third-order valence-electron chi connectivity index (χ3n) is 1.26. The predicted octanol–water partition coefficient (Wildman–Crippen LogP) is 1.93. The Labute approximate surface area is 65.9 Å². The summed E-state index contributed by atoms with van der Waals surface area (Å²) in [7, 11) is 0. The molecule has 2 heteroatoms. The smallest absolute Gasteiger partial charge is 0.335 e. The minimum atomic E-state index is -1.09. The first-order chi connectivity index (χ1) is 5.00. The monoisotopic (exact) mass is 150 g/mol. The lowest BCUT2D eigenvalue weighted by molar-refractivity contribution is -0.132. The molecule has 0 aliphatic rings. The molecule has 0 unspecified atom stereocenters. The summed E-state index contributed by atoms with van der Waals surface area (Å²) in [6.07, 6.45) is 1.44. The molecule has 0 saturated heterocycles. The number of aliphatic carboxylic acids is 1. The quantitative estimate of drug-likeness (QED) is 0.491. The van der Waals surface area contributed by atoms with E-state index < -0.39 is 5.97 Å². The molecule has 0 atom stereocenters. The minimum Gasteiger partial charge on any atom is -0.478 e. The molecule has 58 valence electrons. The van der Waals surface area contributed by atoms with Crippen LogP contribution < -0.4 is 0 Å². The lowest BCUT2D eigenvalue weighted by Crippen LogP contribution is -2.01. The van der Waals surface area contributed by atoms with Crippen molar-refractivity contribution >= 4 is 5.97 Å². The number of carboxylic acids is 1. The maximum atomic E-state index is 10.3. The molecule has 0 aromatic carbocycles. The van der Waals surface area contributed by atoms with Crippen molar-refractivity contribution in [2.24, 2.45) is 0 Å². The van der Waals surface area contributed by atoms with Gasteiger partial charge in [-0.2, -0.15) is 0 Å². The lowest BCUT2D eigenvalue weighted by Gasteiger charge is -2.02. The van der Waals surface area contributed by atoms with Gasteiger partial charge in [-0.15, -0.1) is 0 Å². The highest BCUT2D eigenvalue weighted by molar-refractivity contribution is 5.92. The van der Waals surface area contributed by atoms with Gasteiger partial charge < -0.3 is 5.11 Å². The summed E-state index contributed by atoms with van der Waals surface area (Å²) < 4.78 is 0. The molecule has 0 fully saturated rings. The molecule has 0 amide bonds. The molecule has 0 rings (SSSR count). The molecule has 0 heterocycles. The number of rotatable bonds is 4. The highest BCUT2D eigenvalue weighted by Gasteiger charge is 2.08. The second-order valence-electron chi connectivity index (χ2n) is 1.99. The van der Waals surface area contributed by atoms with Crippen LogP contribution in [0.5, 0.6) is 0 Å². The normalized spacial score (nSPS) is 8.36. The van der Waals surface area contributed by atoms with Crippen molar-refractivity contribution in [3.8, 4) is 0 Å². The predicted molar refractivity (Wildman–Crippen MR) is 45.3 cm³/mol. The van der Waals surface area contributed by atoms with Gasteiger partial charge in [0.2, 0.25) is 0 Å². The van der Waals surface area contributed by atoms with Crippen LogP contribution in [-0.4, -0.2) is 11.1 Å². The van der Waals surface area contributed by atoms with Crippen molar-refractivity contribution in [1.29, 1.82) is 0 Å². The van der Waals surface area contributed by atoms with E-state index in [1.807, 2.05) is 0 Å². The molecule has 0 radical (unpaired) electrons. The third-order valence-corrected chi connectivity index (χ3v) is 1.26. The number of hydrogen-bond donors (Lipinski definition) is 1. The van der Waals surface area contributed by atoms with Gasteiger partial charge in [0, 0.05) is 0 Å². The molecular formula is C9H10O2. The molecule has 0 aliphatic carbocycles. The molecule has 0 aliphatic heterocycles. The number of carboxylic acid groups (broad SMARTS) is 1. The van der Waals surface area contributed by atoms with E-state index in [2.05, 4.69) is 26.3 Å². The minimum absolute atomic E-state index is 0.0464. The Balaban J connectivity index is 4.51. The Morgan fingerprint density at radius 2 is 1.64 bits per heavy atom. The first kappa shape index (κ1) is 9.43. The average molecular weight is 150 g/mol. The second-order valence-corrected chi connectivity index (χ2v) is 1.99. The van der Waals surface area contributed by atoms with E-state index in [4.69, 9.17) is 5.11 Å². The highest BCUT2D eigenvalue weighted by atomic mass is 16.4. The first-order valence-electron chi connectivity index (χ1n) is 2.94.